The minimum Gasteiger partial charge on any atom is -0.392 e. The second-order valence-electron chi connectivity index (χ2n) is 9.08. The van der Waals surface area contributed by atoms with Gasteiger partial charge in [0, 0.05) is 49.5 Å². The van der Waals surface area contributed by atoms with Crippen LogP contribution in [-0.2, 0) is 22.4 Å². The molecule has 2 N–H and O–H groups in total. The van der Waals surface area contributed by atoms with E-state index in [1.807, 2.05) is 47.7 Å². The maximum Gasteiger partial charge on any atom is 0.228 e. The number of aliphatic hydroxyl groups excluding tert-OH is 1. The van der Waals surface area contributed by atoms with Crippen molar-refractivity contribution in [2.24, 2.45) is 0 Å². The van der Waals surface area contributed by atoms with Crippen molar-refractivity contribution in [1.29, 1.82) is 0 Å². The van der Waals surface area contributed by atoms with Crippen LogP contribution in [0.25, 0.3) is 10.6 Å². The van der Waals surface area contributed by atoms with E-state index >= 15 is 0 Å². The van der Waals surface area contributed by atoms with Crippen LogP contribution in [0, 0.1) is 0 Å². The van der Waals surface area contributed by atoms with Crippen LogP contribution in [0.15, 0.2) is 54.0 Å². The second kappa shape index (κ2) is 9.66. The molecule has 3 aromatic rings. The van der Waals surface area contributed by atoms with E-state index in [0.717, 1.165) is 45.9 Å². The number of nitrogens with one attached hydrogen (secondary N) is 1. The molecule has 8 heteroatoms. The van der Waals surface area contributed by atoms with Crippen molar-refractivity contribution in [3.05, 3.63) is 70.7 Å². The molecule has 2 amide bonds. The number of aromatic nitrogens is 1. The van der Waals surface area contributed by atoms with Crippen LogP contribution < -0.4 is 5.32 Å². The van der Waals surface area contributed by atoms with Gasteiger partial charge in [-0.2, -0.15) is 0 Å². The number of likely N-dealkylation sites (tertiary alicyclic amines) is 1. The van der Waals surface area contributed by atoms with Crippen LogP contribution in [0.5, 0.6) is 0 Å². The Kier molecular flexibility index (Phi) is 6.45. The summed E-state index contributed by atoms with van der Waals surface area (Å²) in [6.07, 6.45) is 2.88. The molecule has 2 aliphatic rings. The highest BCUT2D eigenvalue weighted by Crippen LogP contribution is 2.30. The average Bonchev–Trinajstić information content (AvgIpc) is 3.57. The van der Waals surface area contributed by atoms with Gasteiger partial charge in [0.1, 0.15) is 5.01 Å². The summed E-state index contributed by atoms with van der Waals surface area (Å²) in [4.78, 5) is 33.6. The Morgan fingerprint density at radius 2 is 2.21 bits per heavy atom. The minimum absolute atomic E-state index is 0.00803. The number of rotatable bonds is 7. The molecule has 0 radical (unpaired) electrons. The summed E-state index contributed by atoms with van der Waals surface area (Å²) in [5, 5.41) is 15.8. The maximum atomic E-state index is 13.4. The monoisotopic (exact) mass is 476 g/mol. The number of β-amino-alcohol motifs (C(OH)–C–C–N with tert-alkyl or cyclic N) is 1. The van der Waals surface area contributed by atoms with Gasteiger partial charge in [0.05, 0.1) is 25.0 Å². The molecule has 0 saturated carbocycles. The number of fused-ring (bicyclic) bond motifs is 1. The normalized spacial score (nSPS) is 18.5. The van der Waals surface area contributed by atoms with Crippen molar-refractivity contribution < 1.29 is 14.7 Å². The lowest BCUT2D eigenvalue weighted by atomic mass is 10.0. The first-order valence-electron chi connectivity index (χ1n) is 11.5. The number of amides is 2. The summed E-state index contributed by atoms with van der Waals surface area (Å²) in [5.74, 6) is -0.00255. The van der Waals surface area contributed by atoms with E-state index in [-0.39, 0.29) is 30.4 Å². The summed E-state index contributed by atoms with van der Waals surface area (Å²) in [6, 6.07) is 13.8. The van der Waals surface area contributed by atoms with Gasteiger partial charge in [-0.1, -0.05) is 30.3 Å². The van der Waals surface area contributed by atoms with E-state index in [1.165, 1.54) is 0 Å². The molecule has 1 unspecified atom stereocenters. The lowest BCUT2D eigenvalue weighted by Gasteiger charge is -2.32. The molecule has 1 saturated heterocycles. The molecule has 0 spiro atoms. The topological polar surface area (TPSA) is 85.8 Å². The van der Waals surface area contributed by atoms with Gasteiger partial charge in [0.15, 0.2) is 0 Å². The highest BCUT2D eigenvalue weighted by Gasteiger charge is 2.29. The molecule has 3 heterocycles. The molecule has 2 aromatic carbocycles. The van der Waals surface area contributed by atoms with Crippen LogP contribution in [-0.4, -0.2) is 64.5 Å². The summed E-state index contributed by atoms with van der Waals surface area (Å²) in [5.41, 5.74) is 4.74. The molecule has 2 atom stereocenters. The fourth-order valence-corrected chi connectivity index (χ4v) is 5.40. The van der Waals surface area contributed by atoms with Crippen LogP contribution in [0.1, 0.15) is 29.2 Å². The van der Waals surface area contributed by atoms with Gasteiger partial charge >= 0.3 is 0 Å². The highest BCUT2D eigenvalue weighted by molar-refractivity contribution is 7.13. The predicted octanol–water partition coefficient (Wildman–Crippen LogP) is 3.11. The Morgan fingerprint density at radius 1 is 1.32 bits per heavy atom. The third kappa shape index (κ3) is 4.89. The average molecular weight is 477 g/mol. The summed E-state index contributed by atoms with van der Waals surface area (Å²) in [7, 11) is 1.85. The number of hydrogen-bond donors (Lipinski definition) is 2. The molecule has 7 nitrogen and oxygen atoms in total. The van der Waals surface area contributed by atoms with E-state index in [9.17, 15) is 14.7 Å². The minimum atomic E-state index is -0.315. The molecule has 0 aliphatic carbocycles. The van der Waals surface area contributed by atoms with Crippen molar-refractivity contribution in [3.8, 4) is 10.6 Å². The molecular formula is C26H28N4O3S. The number of carbonyl (C=O) groups excluding carboxylic acids is 2. The van der Waals surface area contributed by atoms with Crippen LogP contribution in [0.2, 0.25) is 0 Å². The van der Waals surface area contributed by atoms with Gasteiger partial charge in [-0.25, -0.2) is 4.98 Å². The number of likely N-dealkylation sites (N-methyl/N-ethyl adjacent to an activating group) is 1. The number of benzene rings is 2. The Balaban J connectivity index is 1.38. The quantitative estimate of drug-likeness (QED) is 0.547. The van der Waals surface area contributed by atoms with Crippen molar-refractivity contribution >= 4 is 28.8 Å². The Hall–Kier alpha value is -3.07. The van der Waals surface area contributed by atoms with Gasteiger partial charge < -0.3 is 15.3 Å². The van der Waals surface area contributed by atoms with Crippen molar-refractivity contribution in [2.45, 2.75) is 31.4 Å². The third-order valence-electron chi connectivity index (χ3n) is 6.64. The fourth-order valence-electron chi connectivity index (χ4n) is 4.76. The number of nitrogens with zero attached hydrogens (tertiary/aromatic N) is 3. The maximum absolute atomic E-state index is 13.4. The Morgan fingerprint density at radius 3 is 2.97 bits per heavy atom. The Labute approximate surface area is 203 Å². The number of thiazole rings is 1. The summed E-state index contributed by atoms with van der Waals surface area (Å²) < 4.78 is 0. The highest BCUT2D eigenvalue weighted by atomic mass is 32.1. The van der Waals surface area contributed by atoms with Crippen LogP contribution >= 0.6 is 11.3 Å². The number of aliphatic hydroxyl groups is 1. The van der Waals surface area contributed by atoms with Gasteiger partial charge in [0.25, 0.3) is 0 Å². The lowest BCUT2D eigenvalue weighted by Crippen LogP contribution is -2.39. The van der Waals surface area contributed by atoms with Gasteiger partial charge in [-0.15, -0.1) is 11.3 Å². The van der Waals surface area contributed by atoms with E-state index < -0.39 is 0 Å². The van der Waals surface area contributed by atoms with E-state index in [1.54, 1.807) is 17.5 Å². The standard InChI is InChI=1S/C26H28N4O3S/c1-29(25(33)12-17-5-6-18-14-24(32)28-22(18)11-17)23(16-30-9-7-21(31)15-30)19-3-2-4-20(13-19)26-27-8-10-34-26/h2-6,8,10-11,13,21,23,31H,7,9,12,14-16H2,1H3,(H,28,32)/t21?,23-/m1/s1. The molecule has 34 heavy (non-hydrogen) atoms. The van der Waals surface area contributed by atoms with Crippen LogP contribution in [0.3, 0.4) is 0 Å². The van der Waals surface area contributed by atoms with E-state index in [2.05, 4.69) is 27.3 Å². The van der Waals surface area contributed by atoms with Gasteiger partial charge in [-0.05, 0) is 35.2 Å². The molecule has 0 bridgehead atoms. The van der Waals surface area contributed by atoms with Gasteiger partial charge in [-0.3, -0.25) is 14.5 Å². The largest absolute Gasteiger partial charge is 0.392 e. The molecule has 176 valence electrons. The summed E-state index contributed by atoms with van der Waals surface area (Å²) >= 11 is 1.59. The van der Waals surface area contributed by atoms with Crippen molar-refractivity contribution in [1.82, 2.24) is 14.8 Å². The van der Waals surface area contributed by atoms with Gasteiger partial charge in [0.2, 0.25) is 11.8 Å². The third-order valence-corrected chi connectivity index (χ3v) is 7.47. The molecule has 1 aromatic heterocycles. The number of anilines is 1. The molecule has 5 rings (SSSR count). The van der Waals surface area contributed by atoms with Crippen molar-refractivity contribution in [2.75, 3.05) is 32.0 Å². The first kappa shape index (κ1) is 22.7. The zero-order chi connectivity index (χ0) is 23.7. The first-order chi connectivity index (χ1) is 16.5. The zero-order valence-corrected chi connectivity index (χ0v) is 19.9. The van der Waals surface area contributed by atoms with E-state index in [4.69, 9.17) is 0 Å². The SMILES string of the molecule is CN(C(=O)Cc1ccc2c(c1)NC(=O)C2)[C@H](CN1CCC(O)C1)c1cccc(-c2nccs2)c1. The van der Waals surface area contributed by atoms with Crippen LogP contribution in [0.4, 0.5) is 5.69 Å². The zero-order valence-electron chi connectivity index (χ0n) is 19.1. The van der Waals surface area contributed by atoms with E-state index in [0.29, 0.717) is 19.5 Å². The fraction of sp³-hybridized carbons (Fsp3) is 0.346. The number of hydrogen-bond acceptors (Lipinski definition) is 6. The molecular weight excluding hydrogens is 448 g/mol. The number of carbonyl (C=O) groups is 2. The Bertz CT molecular complexity index is 1200. The molecule has 2 aliphatic heterocycles. The molecule has 1 fully saturated rings. The lowest BCUT2D eigenvalue weighted by molar-refractivity contribution is -0.131. The van der Waals surface area contributed by atoms with Crippen molar-refractivity contribution in [3.63, 3.8) is 0 Å². The predicted molar refractivity (Wildman–Crippen MR) is 133 cm³/mol. The smallest absolute Gasteiger partial charge is 0.228 e. The second-order valence-corrected chi connectivity index (χ2v) is 9.97. The summed E-state index contributed by atoms with van der Waals surface area (Å²) in [6.45, 7) is 2.09. The first-order valence-corrected chi connectivity index (χ1v) is 12.4.